The monoisotopic (exact) mass is 254 g/mol. The van der Waals surface area contributed by atoms with E-state index in [9.17, 15) is 0 Å². The molecule has 0 aliphatic carbocycles. The Balaban J connectivity index is 2.41. The smallest absolute Gasteiger partial charge is 0.148 e. The zero-order valence-electron chi connectivity index (χ0n) is 10.5. The van der Waals surface area contributed by atoms with Crippen LogP contribution in [0.25, 0.3) is 0 Å². The molecule has 6 heteroatoms. The van der Waals surface area contributed by atoms with Gasteiger partial charge in [-0.25, -0.2) is 15.8 Å². The average Bonchev–Trinajstić information content (AvgIpc) is 2.47. The van der Waals surface area contributed by atoms with E-state index in [4.69, 9.17) is 11.1 Å². The largest absolute Gasteiger partial charge is 0.339 e. The van der Waals surface area contributed by atoms with Crippen molar-refractivity contribution in [1.82, 2.24) is 9.97 Å². The first-order valence-electron chi connectivity index (χ1n) is 5.86. The number of hydrogen-bond donors (Lipinski definition) is 3. The predicted molar refractivity (Wildman–Crippen MR) is 73.7 cm³/mol. The molecular weight excluding hydrogens is 240 g/mol. The number of nitrogens with zero attached hydrogens (tertiary/aromatic N) is 3. The molecule has 1 aromatic carbocycles. The first-order valence-corrected chi connectivity index (χ1v) is 5.86. The van der Waals surface area contributed by atoms with Gasteiger partial charge in [0, 0.05) is 5.56 Å². The van der Waals surface area contributed by atoms with Gasteiger partial charge in [0.2, 0.25) is 0 Å². The van der Waals surface area contributed by atoms with Crippen LogP contribution in [-0.2, 0) is 6.42 Å². The molecule has 2 rings (SSSR count). The molecule has 0 spiro atoms. The summed E-state index contributed by atoms with van der Waals surface area (Å²) in [4.78, 5) is 8.26. The number of nitriles is 1. The lowest BCUT2D eigenvalue weighted by Gasteiger charge is -2.13. The van der Waals surface area contributed by atoms with E-state index in [1.807, 2.05) is 25.1 Å². The Hall–Kier alpha value is -2.65. The minimum Gasteiger partial charge on any atom is -0.339 e. The lowest BCUT2D eigenvalue weighted by Crippen LogP contribution is -2.13. The predicted octanol–water partition coefficient (Wildman–Crippen LogP) is 1.94. The summed E-state index contributed by atoms with van der Waals surface area (Å²) in [6.45, 7) is 1.99. The van der Waals surface area contributed by atoms with Gasteiger partial charge in [-0.2, -0.15) is 5.26 Å². The molecule has 0 unspecified atom stereocenters. The summed E-state index contributed by atoms with van der Waals surface area (Å²) in [6, 6.07) is 9.39. The molecule has 1 aromatic heterocycles. The van der Waals surface area contributed by atoms with Crippen LogP contribution in [0, 0.1) is 11.3 Å². The highest BCUT2D eigenvalue weighted by atomic mass is 15.3. The average molecular weight is 254 g/mol. The summed E-state index contributed by atoms with van der Waals surface area (Å²) in [7, 11) is 0. The highest BCUT2D eigenvalue weighted by Crippen LogP contribution is 2.25. The van der Waals surface area contributed by atoms with Crippen LogP contribution < -0.4 is 16.6 Å². The first-order chi connectivity index (χ1) is 9.30. The van der Waals surface area contributed by atoms with Gasteiger partial charge in [-0.05, 0) is 18.6 Å². The van der Waals surface area contributed by atoms with Crippen LogP contribution in [0.4, 0.5) is 17.3 Å². The zero-order valence-corrected chi connectivity index (χ0v) is 10.5. The summed E-state index contributed by atoms with van der Waals surface area (Å²) in [5.74, 6) is 6.65. The van der Waals surface area contributed by atoms with Gasteiger partial charge < -0.3 is 10.7 Å². The van der Waals surface area contributed by atoms with E-state index in [-0.39, 0.29) is 0 Å². The minimum absolute atomic E-state index is 0.561. The molecule has 4 N–H and O–H groups in total. The Kier molecular flexibility index (Phi) is 3.90. The number of anilines is 3. The van der Waals surface area contributed by atoms with Crippen LogP contribution in [0.5, 0.6) is 0 Å². The third-order valence-corrected chi connectivity index (χ3v) is 2.74. The maximum Gasteiger partial charge on any atom is 0.148 e. The molecule has 2 aromatic rings. The number of hydrazine groups is 1. The van der Waals surface area contributed by atoms with Crippen LogP contribution in [0.3, 0.4) is 0 Å². The number of nitrogen functional groups attached to an aromatic ring is 1. The van der Waals surface area contributed by atoms with E-state index in [2.05, 4.69) is 26.8 Å². The van der Waals surface area contributed by atoms with Gasteiger partial charge in [0.05, 0.1) is 11.3 Å². The lowest BCUT2D eigenvalue weighted by atomic mass is 10.1. The fraction of sp³-hybridized carbons (Fsp3) is 0.154. The third kappa shape index (κ3) is 2.61. The van der Waals surface area contributed by atoms with Crippen molar-refractivity contribution in [3.63, 3.8) is 0 Å². The molecule has 0 amide bonds. The number of rotatable bonds is 4. The van der Waals surface area contributed by atoms with E-state index in [1.165, 1.54) is 6.33 Å². The van der Waals surface area contributed by atoms with Crippen LogP contribution in [-0.4, -0.2) is 9.97 Å². The maximum atomic E-state index is 9.07. The normalized spacial score (nSPS) is 9.74. The van der Waals surface area contributed by atoms with E-state index < -0.39 is 0 Å². The molecule has 0 fully saturated rings. The van der Waals surface area contributed by atoms with Gasteiger partial charge in [0.15, 0.2) is 0 Å². The van der Waals surface area contributed by atoms with Gasteiger partial charge in [-0.1, -0.05) is 19.1 Å². The molecule has 0 saturated carbocycles. The minimum atomic E-state index is 0.561. The summed E-state index contributed by atoms with van der Waals surface area (Å²) in [6.07, 6.45) is 2.14. The van der Waals surface area contributed by atoms with Gasteiger partial charge in [-0.15, -0.1) is 0 Å². The van der Waals surface area contributed by atoms with Crippen LogP contribution in [0.1, 0.15) is 18.1 Å². The molecule has 0 saturated heterocycles. The molecule has 0 aliphatic heterocycles. The molecule has 19 heavy (non-hydrogen) atoms. The van der Waals surface area contributed by atoms with Crippen molar-refractivity contribution in [2.75, 3.05) is 10.7 Å². The Morgan fingerprint density at radius 2 is 2.00 bits per heavy atom. The number of nitrogens with two attached hydrogens (primary N) is 1. The Morgan fingerprint density at radius 3 is 2.68 bits per heavy atom. The molecule has 1 heterocycles. The fourth-order valence-electron chi connectivity index (χ4n) is 1.80. The third-order valence-electron chi connectivity index (χ3n) is 2.74. The lowest BCUT2D eigenvalue weighted by molar-refractivity contribution is 1.04. The number of aromatic nitrogens is 2. The van der Waals surface area contributed by atoms with Gasteiger partial charge in [-0.3, -0.25) is 0 Å². The van der Waals surface area contributed by atoms with Crippen molar-refractivity contribution in [2.24, 2.45) is 5.84 Å². The molecule has 96 valence electrons. The van der Waals surface area contributed by atoms with Gasteiger partial charge in [0.1, 0.15) is 24.0 Å². The maximum absolute atomic E-state index is 9.07. The van der Waals surface area contributed by atoms with Crippen molar-refractivity contribution in [3.05, 3.63) is 41.7 Å². The summed E-state index contributed by atoms with van der Waals surface area (Å²) >= 11 is 0. The highest BCUT2D eigenvalue weighted by Gasteiger charge is 2.10. The Morgan fingerprint density at radius 1 is 1.26 bits per heavy atom. The standard InChI is InChI=1S/C13H14N6/c1-2-10-12(16-8-17-13(10)19-15)18-11-6-4-3-5-9(11)7-14/h3-6,8H,2,15H2,1H3,(H2,16,17,18,19). The summed E-state index contributed by atoms with van der Waals surface area (Å²) < 4.78 is 0. The summed E-state index contributed by atoms with van der Waals surface area (Å²) in [5, 5.41) is 12.2. The van der Waals surface area contributed by atoms with Crippen LogP contribution in [0.2, 0.25) is 0 Å². The fourth-order valence-corrected chi connectivity index (χ4v) is 1.80. The van der Waals surface area contributed by atoms with E-state index in [0.717, 1.165) is 12.0 Å². The van der Waals surface area contributed by atoms with Gasteiger partial charge >= 0.3 is 0 Å². The number of hydrogen-bond acceptors (Lipinski definition) is 6. The van der Waals surface area contributed by atoms with E-state index in [1.54, 1.807) is 6.07 Å². The second kappa shape index (κ2) is 5.80. The van der Waals surface area contributed by atoms with E-state index in [0.29, 0.717) is 22.9 Å². The Labute approximate surface area is 111 Å². The second-order valence-corrected chi connectivity index (χ2v) is 3.83. The molecule has 0 aliphatic rings. The molecule has 0 radical (unpaired) electrons. The highest BCUT2D eigenvalue weighted by molar-refractivity contribution is 5.68. The molecule has 0 atom stereocenters. The van der Waals surface area contributed by atoms with E-state index >= 15 is 0 Å². The number of nitrogens with one attached hydrogen (secondary N) is 2. The molecule has 6 nitrogen and oxygen atoms in total. The number of para-hydroxylation sites is 1. The van der Waals surface area contributed by atoms with Crippen molar-refractivity contribution < 1.29 is 0 Å². The number of benzene rings is 1. The first kappa shape index (κ1) is 12.8. The van der Waals surface area contributed by atoms with Crippen molar-refractivity contribution in [3.8, 4) is 6.07 Å². The van der Waals surface area contributed by atoms with Crippen molar-refractivity contribution in [2.45, 2.75) is 13.3 Å². The second-order valence-electron chi connectivity index (χ2n) is 3.83. The quantitative estimate of drug-likeness (QED) is 0.569. The van der Waals surface area contributed by atoms with Crippen LogP contribution >= 0.6 is 0 Å². The molecular formula is C13H14N6. The van der Waals surface area contributed by atoms with Crippen molar-refractivity contribution in [1.29, 1.82) is 5.26 Å². The van der Waals surface area contributed by atoms with Crippen molar-refractivity contribution >= 4 is 17.3 Å². The summed E-state index contributed by atoms with van der Waals surface area (Å²) in [5.41, 5.74) is 4.69. The topological polar surface area (TPSA) is 99.7 Å². The molecule has 0 bridgehead atoms. The van der Waals surface area contributed by atoms with Crippen LogP contribution in [0.15, 0.2) is 30.6 Å². The Bertz CT molecular complexity index is 617. The zero-order chi connectivity index (χ0) is 13.7. The SMILES string of the molecule is CCc1c(NN)ncnc1Nc1ccccc1C#N. The van der Waals surface area contributed by atoms with Gasteiger partial charge in [0.25, 0.3) is 0 Å².